The zero-order valence-corrected chi connectivity index (χ0v) is 20.7. The number of benzene rings is 1. The Bertz CT molecular complexity index is 1130. The molecule has 3 heterocycles. The number of aromatic nitrogens is 3. The fraction of sp³-hybridized carbons (Fsp3) is 0.440. The first-order valence-electron chi connectivity index (χ1n) is 11.6. The Morgan fingerprint density at radius 1 is 1.18 bits per heavy atom. The van der Waals surface area contributed by atoms with Crippen molar-refractivity contribution < 1.29 is 14.0 Å². The van der Waals surface area contributed by atoms with Crippen molar-refractivity contribution in [2.75, 3.05) is 12.8 Å². The Balaban J connectivity index is 1.40. The molecule has 8 nitrogen and oxygen atoms in total. The molecule has 1 N–H and O–H groups in total. The molecule has 4 rings (SSSR count). The van der Waals surface area contributed by atoms with Crippen LogP contribution in [0.15, 0.2) is 52.2 Å². The SMILES string of the molecule is CSc1nnc(CCCNC(=O)C2Cc3ccccc3CN2C(=O)c2ccco2)n1CC(C)C. The Morgan fingerprint density at radius 2 is 1.97 bits per heavy atom. The summed E-state index contributed by atoms with van der Waals surface area (Å²) in [4.78, 5) is 27.9. The standard InChI is InChI=1S/C25H31N5O3S/c1-17(2)15-30-22(27-28-25(30)34-3)11-6-12-26-23(31)20-14-18-8-4-5-9-19(18)16-29(20)24(32)21-10-7-13-33-21/h4-5,7-10,13,17,20H,6,11-12,14-16H2,1-3H3,(H,26,31). The van der Waals surface area contributed by atoms with E-state index in [1.807, 2.05) is 30.5 Å². The minimum atomic E-state index is -0.583. The van der Waals surface area contributed by atoms with Crippen LogP contribution in [-0.4, -0.2) is 50.3 Å². The number of nitrogens with zero attached hydrogens (tertiary/aromatic N) is 4. The van der Waals surface area contributed by atoms with Gasteiger partial charge in [-0.15, -0.1) is 10.2 Å². The van der Waals surface area contributed by atoms with Gasteiger partial charge < -0.3 is 19.2 Å². The predicted molar refractivity (Wildman–Crippen MR) is 130 cm³/mol. The summed E-state index contributed by atoms with van der Waals surface area (Å²) in [5.41, 5.74) is 2.15. The lowest BCUT2D eigenvalue weighted by Gasteiger charge is -2.35. The van der Waals surface area contributed by atoms with Crippen LogP contribution < -0.4 is 5.32 Å². The van der Waals surface area contributed by atoms with Crippen LogP contribution in [0.2, 0.25) is 0 Å². The quantitative estimate of drug-likeness (QED) is 0.371. The molecular weight excluding hydrogens is 450 g/mol. The van der Waals surface area contributed by atoms with Crippen LogP contribution in [-0.2, 0) is 30.7 Å². The minimum Gasteiger partial charge on any atom is -0.459 e. The average Bonchev–Trinajstić information content (AvgIpc) is 3.50. The highest BCUT2D eigenvalue weighted by Gasteiger charge is 2.35. The van der Waals surface area contributed by atoms with E-state index in [0.29, 0.717) is 25.4 Å². The normalized spacial score (nSPS) is 15.4. The average molecular weight is 482 g/mol. The molecule has 1 unspecified atom stereocenters. The van der Waals surface area contributed by atoms with Gasteiger partial charge in [0.2, 0.25) is 5.91 Å². The van der Waals surface area contributed by atoms with Gasteiger partial charge in [0.25, 0.3) is 5.91 Å². The van der Waals surface area contributed by atoms with E-state index in [1.54, 1.807) is 28.8 Å². The van der Waals surface area contributed by atoms with E-state index in [4.69, 9.17) is 4.42 Å². The van der Waals surface area contributed by atoms with Crippen molar-refractivity contribution in [3.8, 4) is 0 Å². The second kappa shape index (κ2) is 10.9. The van der Waals surface area contributed by atoms with Crippen LogP contribution in [0.25, 0.3) is 0 Å². The molecule has 0 saturated carbocycles. The lowest BCUT2D eigenvalue weighted by Crippen LogP contribution is -2.52. The van der Waals surface area contributed by atoms with Crippen LogP contribution in [0.1, 0.15) is 47.8 Å². The summed E-state index contributed by atoms with van der Waals surface area (Å²) in [7, 11) is 0. The van der Waals surface area contributed by atoms with Gasteiger partial charge in [0.1, 0.15) is 11.9 Å². The third-order valence-electron chi connectivity index (χ3n) is 5.94. The Morgan fingerprint density at radius 3 is 2.68 bits per heavy atom. The van der Waals surface area contributed by atoms with E-state index in [1.165, 1.54) is 6.26 Å². The van der Waals surface area contributed by atoms with E-state index in [9.17, 15) is 9.59 Å². The molecule has 34 heavy (non-hydrogen) atoms. The molecule has 1 atom stereocenters. The smallest absolute Gasteiger partial charge is 0.290 e. The van der Waals surface area contributed by atoms with E-state index in [2.05, 4.69) is 33.9 Å². The minimum absolute atomic E-state index is 0.150. The number of hydrogen-bond donors (Lipinski definition) is 1. The molecule has 2 amide bonds. The molecule has 0 spiro atoms. The highest BCUT2D eigenvalue weighted by Crippen LogP contribution is 2.25. The Labute approximate surface area is 204 Å². The summed E-state index contributed by atoms with van der Waals surface area (Å²) in [5.74, 6) is 1.25. The second-order valence-electron chi connectivity index (χ2n) is 8.90. The number of fused-ring (bicyclic) bond motifs is 1. The van der Waals surface area contributed by atoms with Crippen LogP contribution in [0.4, 0.5) is 0 Å². The molecule has 180 valence electrons. The van der Waals surface area contributed by atoms with Gasteiger partial charge in [0, 0.05) is 32.5 Å². The van der Waals surface area contributed by atoms with Crippen LogP contribution in [0, 0.1) is 5.92 Å². The summed E-state index contributed by atoms with van der Waals surface area (Å²) in [6.07, 6.45) is 5.42. The van der Waals surface area contributed by atoms with E-state index in [-0.39, 0.29) is 17.6 Å². The number of thioether (sulfide) groups is 1. The maximum atomic E-state index is 13.2. The molecule has 0 saturated heterocycles. The van der Waals surface area contributed by atoms with Gasteiger partial charge in [-0.1, -0.05) is 49.9 Å². The zero-order valence-electron chi connectivity index (χ0n) is 19.9. The lowest BCUT2D eigenvalue weighted by molar-refractivity contribution is -0.126. The monoisotopic (exact) mass is 481 g/mol. The molecule has 1 aliphatic heterocycles. The van der Waals surface area contributed by atoms with Gasteiger partial charge >= 0.3 is 0 Å². The predicted octanol–water partition coefficient (Wildman–Crippen LogP) is 3.57. The Hall–Kier alpha value is -3.07. The maximum Gasteiger partial charge on any atom is 0.290 e. The van der Waals surface area contributed by atoms with Crippen molar-refractivity contribution in [3.05, 3.63) is 65.4 Å². The maximum absolute atomic E-state index is 13.2. The van der Waals surface area contributed by atoms with Gasteiger partial charge in [-0.2, -0.15) is 0 Å². The number of nitrogens with one attached hydrogen (secondary N) is 1. The lowest BCUT2D eigenvalue weighted by atomic mass is 9.93. The van der Waals surface area contributed by atoms with E-state index >= 15 is 0 Å². The fourth-order valence-electron chi connectivity index (χ4n) is 4.29. The topological polar surface area (TPSA) is 93.3 Å². The number of carbonyl (C=O) groups is 2. The number of amides is 2. The van der Waals surface area contributed by atoms with Crippen molar-refractivity contribution in [1.29, 1.82) is 0 Å². The van der Waals surface area contributed by atoms with Gasteiger partial charge in [-0.3, -0.25) is 9.59 Å². The third kappa shape index (κ3) is 5.35. The van der Waals surface area contributed by atoms with Gasteiger partial charge in [-0.25, -0.2) is 0 Å². The van der Waals surface area contributed by atoms with Crippen LogP contribution >= 0.6 is 11.8 Å². The number of furan rings is 1. The molecule has 2 aromatic heterocycles. The summed E-state index contributed by atoms with van der Waals surface area (Å²) < 4.78 is 7.49. The number of rotatable bonds is 9. The van der Waals surface area contributed by atoms with Gasteiger partial charge in [0.15, 0.2) is 10.9 Å². The highest BCUT2D eigenvalue weighted by molar-refractivity contribution is 7.98. The molecule has 0 aliphatic carbocycles. The van der Waals surface area contributed by atoms with Crippen molar-refractivity contribution in [1.82, 2.24) is 25.0 Å². The fourth-order valence-corrected chi connectivity index (χ4v) is 4.81. The van der Waals surface area contributed by atoms with Crippen molar-refractivity contribution in [2.24, 2.45) is 5.92 Å². The van der Waals surface area contributed by atoms with Crippen LogP contribution in [0.3, 0.4) is 0 Å². The first kappa shape index (κ1) is 24.1. The summed E-state index contributed by atoms with van der Waals surface area (Å²) in [5, 5.41) is 12.6. The summed E-state index contributed by atoms with van der Waals surface area (Å²) in [6.45, 7) is 6.10. The molecular formula is C25H31N5O3S. The van der Waals surface area contributed by atoms with Crippen molar-refractivity contribution in [2.45, 2.75) is 57.4 Å². The molecule has 3 aromatic rings. The molecule has 1 aromatic carbocycles. The van der Waals surface area contributed by atoms with Gasteiger partial charge in [-0.05, 0) is 41.9 Å². The largest absolute Gasteiger partial charge is 0.459 e. The molecule has 0 bridgehead atoms. The molecule has 0 radical (unpaired) electrons. The van der Waals surface area contributed by atoms with E-state index < -0.39 is 6.04 Å². The number of hydrogen-bond acceptors (Lipinski definition) is 6. The van der Waals surface area contributed by atoms with Gasteiger partial charge in [0.05, 0.1) is 6.26 Å². The molecule has 1 aliphatic rings. The number of carbonyl (C=O) groups excluding carboxylic acids is 2. The molecule has 0 fully saturated rings. The van der Waals surface area contributed by atoms with E-state index in [0.717, 1.165) is 41.5 Å². The molecule has 9 heteroatoms. The summed E-state index contributed by atoms with van der Waals surface area (Å²) >= 11 is 1.59. The van der Waals surface area contributed by atoms with Crippen molar-refractivity contribution >= 4 is 23.6 Å². The zero-order chi connectivity index (χ0) is 24.1. The highest BCUT2D eigenvalue weighted by atomic mass is 32.2. The first-order valence-corrected chi connectivity index (χ1v) is 12.9. The first-order chi connectivity index (χ1) is 16.5. The summed E-state index contributed by atoms with van der Waals surface area (Å²) in [6, 6.07) is 10.7. The van der Waals surface area contributed by atoms with Crippen molar-refractivity contribution in [3.63, 3.8) is 0 Å². The number of aryl methyl sites for hydroxylation is 1. The third-order valence-corrected chi connectivity index (χ3v) is 6.61. The second-order valence-corrected chi connectivity index (χ2v) is 9.67. The van der Waals surface area contributed by atoms with Crippen LogP contribution in [0.5, 0.6) is 0 Å². The Kier molecular flexibility index (Phi) is 7.72.